The third kappa shape index (κ3) is 6.92. The topological polar surface area (TPSA) is 34.2 Å². The number of ether oxygens (including phenoxy) is 3. The van der Waals surface area contributed by atoms with Crippen molar-refractivity contribution >= 4 is 0 Å². The second-order valence-corrected chi connectivity index (χ2v) is 10.3. The highest BCUT2D eigenvalue weighted by molar-refractivity contribution is 5.70. The molecule has 0 amide bonds. The first-order valence-corrected chi connectivity index (χ1v) is 13.7. The van der Waals surface area contributed by atoms with Gasteiger partial charge in [-0.25, -0.2) is 0 Å². The number of nitrogens with zero attached hydrogens (tertiary/aromatic N) is 2. The summed E-state index contributed by atoms with van der Waals surface area (Å²) in [5, 5.41) is 0. The Morgan fingerprint density at radius 3 is 2.24 bits per heavy atom. The van der Waals surface area contributed by atoms with Crippen molar-refractivity contribution in [2.45, 2.75) is 32.7 Å². The molecule has 2 saturated heterocycles. The summed E-state index contributed by atoms with van der Waals surface area (Å²) in [5.74, 6) is 1.78. The maximum atomic E-state index is 6.03. The van der Waals surface area contributed by atoms with Crippen LogP contribution in [0.5, 0.6) is 11.5 Å². The Morgan fingerprint density at radius 2 is 1.51 bits per heavy atom. The summed E-state index contributed by atoms with van der Waals surface area (Å²) in [6, 6.07) is 21.9. The van der Waals surface area contributed by atoms with Crippen molar-refractivity contribution < 1.29 is 14.2 Å². The van der Waals surface area contributed by atoms with Crippen LogP contribution in [0.3, 0.4) is 0 Å². The molecule has 2 aliphatic heterocycles. The van der Waals surface area contributed by atoms with Gasteiger partial charge in [-0.05, 0) is 96.9 Å². The van der Waals surface area contributed by atoms with Gasteiger partial charge < -0.3 is 14.2 Å². The minimum atomic E-state index is 0.691. The highest BCUT2D eigenvalue weighted by Gasteiger charge is 2.14. The molecular weight excluding hydrogens is 460 g/mol. The summed E-state index contributed by atoms with van der Waals surface area (Å²) in [7, 11) is 1.73. The first kappa shape index (κ1) is 25.8. The number of likely N-dealkylation sites (tertiary alicyclic amines) is 1. The molecular formula is C32H40N2O3. The molecule has 0 radical (unpaired) electrons. The standard InChI is InChI=1S/C32H40N2O3/c1-25-21-26(5-6-29(25)24-34-13-3-4-14-34)22-28-9-12-31(35-2)23-32(28)27-7-10-30(11-8-27)37-20-17-33-15-18-36-19-16-33/h5-12,21,23H,3-4,13-20,22,24H2,1-2H3. The highest BCUT2D eigenvalue weighted by Crippen LogP contribution is 2.31. The largest absolute Gasteiger partial charge is 0.497 e. The molecule has 37 heavy (non-hydrogen) atoms. The van der Waals surface area contributed by atoms with Gasteiger partial charge >= 0.3 is 0 Å². The second kappa shape index (κ2) is 12.6. The fourth-order valence-corrected chi connectivity index (χ4v) is 5.40. The zero-order valence-electron chi connectivity index (χ0n) is 22.4. The van der Waals surface area contributed by atoms with Crippen LogP contribution in [0.4, 0.5) is 0 Å². The van der Waals surface area contributed by atoms with E-state index >= 15 is 0 Å². The number of hydrogen-bond acceptors (Lipinski definition) is 5. The summed E-state index contributed by atoms with van der Waals surface area (Å²) >= 11 is 0. The molecule has 0 saturated carbocycles. The number of hydrogen-bond donors (Lipinski definition) is 0. The van der Waals surface area contributed by atoms with Crippen LogP contribution in [0.2, 0.25) is 0 Å². The van der Waals surface area contributed by atoms with Gasteiger partial charge in [0.2, 0.25) is 0 Å². The van der Waals surface area contributed by atoms with Gasteiger partial charge in [0.1, 0.15) is 18.1 Å². The van der Waals surface area contributed by atoms with E-state index in [-0.39, 0.29) is 0 Å². The molecule has 5 nitrogen and oxygen atoms in total. The van der Waals surface area contributed by atoms with Crippen LogP contribution in [-0.2, 0) is 17.7 Å². The number of benzene rings is 3. The molecule has 5 heteroatoms. The van der Waals surface area contributed by atoms with Crippen molar-refractivity contribution in [1.82, 2.24) is 9.80 Å². The average Bonchev–Trinajstić information content (AvgIpc) is 3.45. The lowest BCUT2D eigenvalue weighted by Gasteiger charge is -2.26. The van der Waals surface area contributed by atoms with Gasteiger partial charge in [0.05, 0.1) is 20.3 Å². The van der Waals surface area contributed by atoms with E-state index in [1.165, 1.54) is 59.3 Å². The molecule has 0 atom stereocenters. The van der Waals surface area contributed by atoms with Crippen LogP contribution in [-0.4, -0.2) is 69.5 Å². The van der Waals surface area contributed by atoms with E-state index in [2.05, 4.69) is 77.4 Å². The van der Waals surface area contributed by atoms with Crippen LogP contribution < -0.4 is 9.47 Å². The van der Waals surface area contributed by atoms with E-state index in [0.717, 1.165) is 57.3 Å². The van der Waals surface area contributed by atoms with Crippen molar-refractivity contribution in [1.29, 1.82) is 0 Å². The molecule has 0 aliphatic carbocycles. The van der Waals surface area contributed by atoms with Crippen molar-refractivity contribution in [3.8, 4) is 22.6 Å². The second-order valence-electron chi connectivity index (χ2n) is 10.3. The van der Waals surface area contributed by atoms with E-state index in [1.54, 1.807) is 7.11 Å². The Labute approximate surface area is 222 Å². The predicted molar refractivity (Wildman–Crippen MR) is 150 cm³/mol. The number of morpholine rings is 1. The first-order chi connectivity index (χ1) is 18.2. The molecule has 0 aromatic heterocycles. The van der Waals surface area contributed by atoms with Crippen LogP contribution in [0.25, 0.3) is 11.1 Å². The first-order valence-electron chi connectivity index (χ1n) is 13.7. The molecule has 0 bridgehead atoms. The third-order valence-electron chi connectivity index (χ3n) is 7.66. The minimum absolute atomic E-state index is 0.691. The maximum Gasteiger partial charge on any atom is 0.119 e. The molecule has 0 unspecified atom stereocenters. The lowest BCUT2D eigenvalue weighted by Crippen LogP contribution is -2.38. The SMILES string of the molecule is COc1ccc(Cc2ccc(CN3CCCC3)c(C)c2)c(-c2ccc(OCCN3CCOCC3)cc2)c1. The number of methoxy groups -OCH3 is 1. The van der Waals surface area contributed by atoms with Crippen LogP contribution in [0.15, 0.2) is 60.7 Å². The van der Waals surface area contributed by atoms with Crippen LogP contribution >= 0.6 is 0 Å². The van der Waals surface area contributed by atoms with E-state index in [0.29, 0.717) is 6.61 Å². The average molecular weight is 501 g/mol. The van der Waals surface area contributed by atoms with Gasteiger partial charge in [0.15, 0.2) is 0 Å². The zero-order valence-corrected chi connectivity index (χ0v) is 22.4. The van der Waals surface area contributed by atoms with E-state index in [1.807, 2.05) is 0 Å². The molecule has 0 spiro atoms. The van der Waals surface area contributed by atoms with Gasteiger partial charge in [-0.3, -0.25) is 9.80 Å². The predicted octanol–water partition coefficient (Wildman–Crippen LogP) is 5.57. The Hall–Kier alpha value is -2.86. The Bertz CT molecular complexity index is 1150. The molecule has 2 aliphatic rings. The van der Waals surface area contributed by atoms with Gasteiger partial charge in [-0.2, -0.15) is 0 Å². The third-order valence-corrected chi connectivity index (χ3v) is 7.66. The van der Waals surface area contributed by atoms with E-state index in [9.17, 15) is 0 Å². The lowest BCUT2D eigenvalue weighted by atomic mass is 9.93. The van der Waals surface area contributed by atoms with Crippen LogP contribution in [0, 0.1) is 6.92 Å². The number of aryl methyl sites for hydroxylation is 1. The molecule has 5 rings (SSSR count). The van der Waals surface area contributed by atoms with Gasteiger partial charge in [-0.1, -0.05) is 36.4 Å². The molecule has 2 heterocycles. The fraction of sp³-hybridized carbons (Fsp3) is 0.438. The molecule has 0 N–H and O–H groups in total. The lowest BCUT2D eigenvalue weighted by molar-refractivity contribution is 0.0322. The highest BCUT2D eigenvalue weighted by atomic mass is 16.5. The monoisotopic (exact) mass is 500 g/mol. The molecule has 3 aromatic rings. The van der Waals surface area contributed by atoms with Gasteiger partial charge in [0.25, 0.3) is 0 Å². The summed E-state index contributed by atoms with van der Waals surface area (Å²) < 4.78 is 17.0. The number of rotatable bonds is 10. The molecule has 2 fully saturated rings. The zero-order chi connectivity index (χ0) is 25.5. The quantitative estimate of drug-likeness (QED) is 0.364. The Balaban J connectivity index is 1.27. The minimum Gasteiger partial charge on any atom is -0.497 e. The van der Waals surface area contributed by atoms with Crippen molar-refractivity contribution in [3.05, 3.63) is 82.9 Å². The van der Waals surface area contributed by atoms with Gasteiger partial charge in [-0.15, -0.1) is 0 Å². The smallest absolute Gasteiger partial charge is 0.119 e. The molecule has 196 valence electrons. The molecule has 3 aromatic carbocycles. The van der Waals surface area contributed by atoms with Gasteiger partial charge in [0, 0.05) is 26.2 Å². The maximum absolute atomic E-state index is 6.03. The van der Waals surface area contributed by atoms with Crippen molar-refractivity contribution in [2.75, 3.05) is 59.7 Å². The summed E-state index contributed by atoms with van der Waals surface area (Å²) in [5.41, 5.74) is 7.86. The van der Waals surface area contributed by atoms with Crippen molar-refractivity contribution in [2.24, 2.45) is 0 Å². The van der Waals surface area contributed by atoms with Crippen molar-refractivity contribution in [3.63, 3.8) is 0 Å². The summed E-state index contributed by atoms with van der Waals surface area (Å²) in [4.78, 5) is 4.96. The fourth-order valence-electron chi connectivity index (χ4n) is 5.40. The Morgan fingerprint density at radius 1 is 0.784 bits per heavy atom. The Kier molecular flexibility index (Phi) is 8.77. The summed E-state index contributed by atoms with van der Waals surface area (Å²) in [6.07, 6.45) is 3.56. The van der Waals surface area contributed by atoms with E-state index < -0.39 is 0 Å². The van der Waals surface area contributed by atoms with Crippen LogP contribution in [0.1, 0.15) is 35.1 Å². The normalized spacial score (nSPS) is 16.7. The summed E-state index contributed by atoms with van der Waals surface area (Å²) in [6.45, 7) is 11.0. The van der Waals surface area contributed by atoms with E-state index in [4.69, 9.17) is 14.2 Å².